The Kier molecular flexibility index (Phi) is 31.3. The first-order chi connectivity index (χ1) is 6.22. The monoisotopic (exact) mass is 187 g/mol. The molecule has 0 radical (unpaired) electrons. The maximum absolute atomic E-state index is 4.96. The standard InChI is InChI=1S/C6H11NO.C3H8.C2H6/c1-4-7-6(3)8-5-2;1-3-2;1-2/h4H,1,5H2,2-3H3;3H2,1-2H3;1-2H3. The van der Waals surface area contributed by atoms with Crippen molar-refractivity contribution in [2.75, 3.05) is 6.61 Å². The smallest absolute Gasteiger partial charge is 0.184 e. The fourth-order valence-electron chi connectivity index (χ4n) is 0.375. The number of nitrogens with zero attached hydrogens (tertiary/aromatic N) is 1. The van der Waals surface area contributed by atoms with Gasteiger partial charge in [0, 0.05) is 13.1 Å². The van der Waals surface area contributed by atoms with Crippen molar-refractivity contribution < 1.29 is 4.74 Å². The van der Waals surface area contributed by atoms with Crippen LogP contribution in [0.15, 0.2) is 17.8 Å². The second-order valence-corrected chi connectivity index (χ2v) is 1.97. The lowest BCUT2D eigenvalue weighted by molar-refractivity contribution is 0.324. The van der Waals surface area contributed by atoms with E-state index in [0.717, 1.165) is 0 Å². The third kappa shape index (κ3) is 35.0. The number of aliphatic imine (C=N–C) groups is 1. The molecule has 2 nitrogen and oxygen atoms in total. The Labute approximate surface area is 83.7 Å². The fourth-order valence-corrected chi connectivity index (χ4v) is 0.375. The van der Waals surface area contributed by atoms with Crippen LogP contribution in [0.5, 0.6) is 0 Å². The van der Waals surface area contributed by atoms with E-state index in [-0.39, 0.29) is 0 Å². The molecule has 0 bridgehead atoms. The van der Waals surface area contributed by atoms with Gasteiger partial charge in [0.15, 0.2) is 5.90 Å². The molecule has 2 heteroatoms. The Morgan fingerprint density at radius 2 is 1.69 bits per heavy atom. The molecule has 0 unspecified atom stereocenters. The highest BCUT2D eigenvalue weighted by Crippen LogP contribution is 1.80. The van der Waals surface area contributed by atoms with Crippen LogP contribution in [0.1, 0.15) is 48.0 Å². The quantitative estimate of drug-likeness (QED) is 0.472. The summed E-state index contributed by atoms with van der Waals surface area (Å²) in [5.41, 5.74) is 0. The van der Waals surface area contributed by atoms with Gasteiger partial charge in [-0.25, -0.2) is 4.99 Å². The van der Waals surface area contributed by atoms with Crippen LogP contribution in [-0.4, -0.2) is 12.5 Å². The first-order valence-corrected chi connectivity index (χ1v) is 5.00. The zero-order valence-corrected chi connectivity index (χ0v) is 10.1. The van der Waals surface area contributed by atoms with E-state index in [2.05, 4.69) is 25.4 Å². The van der Waals surface area contributed by atoms with Crippen molar-refractivity contribution in [1.82, 2.24) is 0 Å². The van der Waals surface area contributed by atoms with Gasteiger partial charge >= 0.3 is 0 Å². The van der Waals surface area contributed by atoms with Crippen LogP contribution in [0.3, 0.4) is 0 Å². The molecule has 0 N–H and O–H groups in total. The van der Waals surface area contributed by atoms with Crippen molar-refractivity contribution in [2.45, 2.75) is 48.0 Å². The van der Waals surface area contributed by atoms with Gasteiger partial charge in [-0.2, -0.15) is 0 Å². The minimum Gasteiger partial charge on any atom is -0.481 e. The highest BCUT2D eigenvalue weighted by molar-refractivity contribution is 5.73. The van der Waals surface area contributed by atoms with Gasteiger partial charge in [-0.3, -0.25) is 0 Å². The molecule has 13 heavy (non-hydrogen) atoms. The topological polar surface area (TPSA) is 21.6 Å². The van der Waals surface area contributed by atoms with Crippen molar-refractivity contribution in [3.8, 4) is 0 Å². The van der Waals surface area contributed by atoms with E-state index in [1.54, 1.807) is 6.92 Å². The molecule has 0 aliphatic carbocycles. The Morgan fingerprint density at radius 1 is 1.31 bits per heavy atom. The van der Waals surface area contributed by atoms with Crippen molar-refractivity contribution in [3.05, 3.63) is 12.8 Å². The van der Waals surface area contributed by atoms with Crippen LogP contribution in [-0.2, 0) is 4.74 Å². The van der Waals surface area contributed by atoms with Crippen molar-refractivity contribution in [2.24, 2.45) is 4.99 Å². The third-order valence-electron chi connectivity index (χ3n) is 0.626. The van der Waals surface area contributed by atoms with Crippen molar-refractivity contribution in [1.29, 1.82) is 0 Å². The molecule has 0 aromatic carbocycles. The Balaban J connectivity index is -0.000000169. The first-order valence-electron chi connectivity index (χ1n) is 5.00. The van der Waals surface area contributed by atoms with E-state index in [1.807, 2.05) is 20.8 Å². The normalized spacial score (nSPS) is 8.62. The SMILES string of the molecule is C=CN=C(C)OCC.CC.CCC. The van der Waals surface area contributed by atoms with E-state index in [1.165, 1.54) is 12.6 Å². The minimum atomic E-state index is 0.669. The van der Waals surface area contributed by atoms with Gasteiger partial charge in [-0.05, 0) is 6.92 Å². The van der Waals surface area contributed by atoms with Gasteiger partial charge in [0.05, 0.1) is 6.61 Å². The van der Waals surface area contributed by atoms with Crippen LogP contribution in [0.25, 0.3) is 0 Å². The van der Waals surface area contributed by atoms with Crippen LogP contribution in [0.4, 0.5) is 0 Å². The number of hydrogen-bond donors (Lipinski definition) is 0. The van der Waals surface area contributed by atoms with E-state index in [4.69, 9.17) is 4.74 Å². The van der Waals surface area contributed by atoms with Crippen LogP contribution in [0, 0.1) is 0 Å². The maximum Gasteiger partial charge on any atom is 0.184 e. The number of rotatable bonds is 2. The summed E-state index contributed by atoms with van der Waals surface area (Å²) in [6.45, 7) is 16.1. The summed E-state index contributed by atoms with van der Waals surface area (Å²) in [7, 11) is 0. The zero-order chi connectivity index (χ0) is 11.1. The lowest BCUT2D eigenvalue weighted by Gasteiger charge is -1.96. The van der Waals surface area contributed by atoms with Crippen molar-refractivity contribution >= 4 is 5.90 Å². The zero-order valence-electron chi connectivity index (χ0n) is 10.1. The van der Waals surface area contributed by atoms with Gasteiger partial charge in [-0.1, -0.05) is 40.7 Å². The summed E-state index contributed by atoms with van der Waals surface area (Å²) in [6, 6.07) is 0. The third-order valence-corrected chi connectivity index (χ3v) is 0.626. The van der Waals surface area contributed by atoms with E-state index < -0.39 is 0 Å². The molecule has 0 rings (SSSR count). The number of ether oxygens (including phenoxy) is 1. The average Bonchev–Trinajstić information content (AvgIpc) is 2.10. The average molecular weight is 187 g/mol. The van der Waals surface area contributed by atoms with Gasteiger partial charge in [0.2, 0.25) is 0 Å². The second-order valence-electron chi connectivity index (χ2n) is 1.97. The fraction of sp³-hybridized carbons (Fsp3) is 0.727. The molecular weight excluding hydrogens is 162 g/mol. The minimum absolute atomic E-state index is 0.669. The van der Waals surface area contributed by atoms with Gasteiger partial charge < -0.3 is 4.74 Å². The highest BCUT2D eigenvalue weighted by atomic mass is 16.5. The molecule has 0 aliphatic rings. The molecule has 0 heterocycles. The molecule has 0 spiro atoms. The molecule has 0 atom stereocenters. The summed E-state index contributed by atoms with van der Waals surface area (Å²) in [5, 5.41) is 0. The molecule has 0 fully saturated rings. The first kappa shape index (κ1) is 18.1. The second kappa shape index (κ2) is 22.5. The van der Waals surface area contributed by atoms with Gasteiger partial charge in [0.25, 0.3) is 0 Å². The van der Waals surface area contributed by atoms with Crippen LogP contribution < -0.4 is 0 Å². The molecular formula is C11H25NO. The summed E-state index contributed by atoms with van der Waals surface area (Å²) in [4.78, 5) is 3.77. The van der Waals surface area contributed by atoms with Gasteiger partial charge in [-0.15, -0.1) is 0 Å². The van der Waals surface area contributed by atoms with Gasteiger partial charge in [0.1, 0.15) is 0 Å². The lowest BCUT2D eigenvalue weighted by atomic mass is 10.6. The van der Waals surface area contributed by atoms with E-state index in [0.29, 0.717) is 12.5 Å². The molecule has 0 aliphatic heterocycles. The van der Waals surface area contributed by atoms with E-state index in [9.17, 15) is 0 Å². The Morgan fingerprint density at radius 3 is 1.92 bits per heavy atom. The molecule has 0 aromatic rings. The van der Waals surface area contributed by atoms with E-state index >= 15 is 0 Å². The van der Waals surface area contributed by atoms with Crippen LogP contribution >= 0.6 is 0 Å². The van der Waals surface area contributed by atoms with Crippen molar-refractivity contribution in [3.63, 3.8) is 0 Å². The predicted octanol–water partition coefficient (Wildman–Crippen LogP) is 4.03. The molecule has 0 saturated carbocycles. The summed E-state index contributed by atoms with van der Waals surface area (Å²) in [5.74, 6) is 0.669. The molecule has 0 saturated heterocycles. The number of hydrogen-bond acceptors (Lipinski definition) is 2. The molecule has 0 amide bonds. The predicted molar refractivity (Wildman–Crippen MR) is 62.2 cm³/mol. The summed E-state index contributed by atoms with van der Waals surface area (Å²) < 4.78 is 4.96. The van der Waals surface area contributed by atoms with Crippen LogP contribution in [0.2, 0.25) is 0 Å². The summed E-state index contributed by atoms with van der Waals surface area (Å²) in [6.07, 6.45) is 2.71. The maximum atomic E-state index is 4.96. The summed E-state index contributed by atoms with van der Waals surface area (Å²) >= 11 is 0. The lowest BCUT2D eigenvalue weighted by Crippen LogP contribution is -1.96. The highest BCUT2D eigenvalue weighted by Gasteiger charge is 1.81. The molecule has 0 aromatic heterocycles. The molecule has 80 valence electrons. The Bertz CT molecular complexity index is 109. The Hall–Kier alpha value is -0.790. The largest absolute Gasteiger partial charge is 0.481 e.